The molecule has 5 nitrogen and oxygen atoms in total. The molecular weight excluding hydrogens is 377 g/mol. The molecule has 1 aliphatic rings. The molecule has 146 valence electrons. The molecule has 27 heavy (non-hydrogen) atoms. The highest BCUT2D eigenvalue weighted by Crippen LogP contribution is 2.31. The summed E-state index contributed by atoms with van der Waals surface area (Å²) in [6.45, 7) is 1.19. The number of anilines is 1. The third kappa shape index (κ3) is 5.18. The Morgan fingerprint density at radius 3 is 2.70 bits per heavy atom. The highest BCUT2D eigenvalue weighted by Gasteiger charge is 2.30. The largest absolute Gasteiger partial charge is 0.416 e. The standard InChI is InChI=1S/C18H21F3N4OS/c1-24-10-7-22-17(24)27-12-13-5-8-25(9-6-13)16(26)23-15-4-2-3-14(11-15)18(19,20)21/h2-4,7,10-11,13H,5-6,8-9,12H2,1H3,(H,23,26). The molecule has 0 unspecified atom stereocenters. The first kappa shape index (κ1) is 19.6. The number of hydrogen-bond donors (Lipinski definition) is 1. The molecule has 1 aliphatic heterocycles. The van der Waals surface area contributed by atoms with Gasteiger partial charge < -0.3 is 14.8 Å². The number of benzene rings is 1. The average molecular weight is 398 g/mol. The van der Waals surface area contributed by atoms with Gasteiger partial charge in [-0.15, -0.1) is 0 Å². The molecule has 1 aromatic carbocycles. The highest BCUT2D eigenvalue weighted by molar-refractivity contribution is 7.99. The van der Waals surface area contributed by atoms with E-state index in [1.807, 2.05) is 17.8 Å². The van der Waals surface area contributed by atoms with Crippen LogP contribution in [0.2, 0.25) is 0 Å². The number of urea groups is 1. The molecular formula is C18H21F3N4OS. The third-order valence-electron chi connectivity index (χ3n) is 4.57. The second-order valence-electron chi connectivity index (χ2n) is 6.57. The minimum absolute atomic E-state index is 0.155. The predicted molar refractivity (Wildman–Crippen MR) is 98.7 cm³/mol. The molecule has 1 saturated heterocycles. The Labute approximate surface area is 159 Å². The molecule has 2 heterocycles. The number of carbonyl (C=O) groups is 1. The molecule has 2 aromatic rings. The Morgan fingerprint density at radius 2 is 2.07 bits per heavy atom. The van der Waals surface area contributed by atoms with E-state index in [9.17, 15) is 18.0 Å². The van der Waals surface area contributed by atoms with Gasteiger partial charge in [0.25, 0.3) is 0 Å². The van der Waals surface area contributed by atoms with Crippen LogP contribution < -0.4 is 5.32 Å². The number of amides is 2. The number of thioether (sulfide) groups is 1. The fourth-order valence-corrected chi connectivity index (χ4v) is 4.08. The minimum Gasteiger partial charge on any atom is -0.329 e. The third-order valence-corrected chi connectivity index (χ3v) is 5.86. The highest BCUT2D eigenvalue weighted by atomic mass is 32.2. The van der Waals surface area contributed by atoms with E-state index in [1.165, 1.54) is 12.1 Å². The summed E-state index contributed by atoms with van der Waals surface area (Å²) in [6.07, 6.45) is 0.983. The van der Waals surface area contributed by atoms with Crippen LogP contribution in [0.5, 0.6) is 0 Å². The number of halogens is 3. The van der Waals surface area contributed by atoms with Gasteiger partial charge in [0.15, 0.2) is 5.16 Å². The second kappa shape index (κ2) is 8.24. The number of hydrogen-bond acceptors (Lipinski definition) is 3. The van der Waals surface area contributed by atoms with E-state index < -0.39 is 11.7 Å². The van der Waals surface area contributed by atoms with E-state index in [-0.39, 0.29) is 11.7 Å². The zero-order chi connectivity index (χ0) is 19.4. The normalized spacial score (nSPS) is 15.8. The van der Waals surface area contributed by atoms with E-state index in [4.69, 9.17) is 0 Å². The number of rotatable bonds is 4. The minimum atomic E-state index is -4.43. The van der Waals surface area contributed by atoms with Crippen molar-refractivity contribution in [2.45, 2.75) is 24.2 Å². The van der Waals surface area contributed by atoms with Gasteiger partial charge in [-0.2, -0.15) is 13.2 Å². The zero-order valence-electron chi connectivity index (χ0n) is 14.9. The van der Waals surface area contributed by atoms with E-state index in [2.05, 4.69) is 10.3 Å². The maximum absolute atomic E-state index is 12.8. The molecule has 0 aliphatic carbocycles. The number of aryl methyl sites for hydroxylation is 1. The van der Waals surface area contributed by atoms with Crippen molar-refractivity contribution >= 4 is 23.5 Å². The van der Waals surface area contributed by atoms with Gasteiger partial charge in [0.1, 0.15) is 0 Å². The lowest BCUT2D eigenvalue weighted by Gasteiger charge is -2.31. The summed E-state index contributed by atoms with van der Waals surface area (Å²) in [7, 11) is 1.95. The topological polar surface area (TPSA) is 50.2 Å². The van der Waals surface area contributed by atoms with Crippen molar-refractivity contribution in [2.75, 3.05) is 24.2 Å². The van der Waals surface area contributed by atoms with Crippen LogP contribution in [-0.2, 0) is 13.2 Å². The number of alkyl halides is 3. The molecule has 1 N–H and O–H groups in total. The SMILES string of the molecule is Cn1ccnc1SCC1CCN(C(=O)Nc2cccc(C(F)(F)F)c2)CC1. The lowest BCUT2D eigenvalue weighted by molar-refractivity contribution is -0.137. The Bertz CT molecular complexity index is 785. The summed E-state index contributed by atoms with van der Waals surface area (Å²) in [4.78, 5) is 18.3. The van der Waals surface area contributed by atoms with Crippen LogP contribution in [0.3, 0.4) is 0 Å². The number of imidazole rings is 1. The summed E-state index contributed by atoms with van der Waals surface area (Å²) >= 11 is 1.70. The van der Waals surface area contributed by atoms with Crippen LogP contribution in [0, 0.1) is 5.92 Å². The maximum Gasteiger partial charge on any atom is 0.416 e. The van der Waals surface area contributed by atoms with Crippen molar-refractivity contribution in [1.82, 2.24) is 14.5 Å². The average Bonchev–Trinajstić information content (AvgIpc) is 3.05. The molecule has 0 bridgehead atoms. The molecule has 1 aromatic heterocycles. The van der Waals surface area contributed by atoms with Crippen LogP contribution in [0.4, 0.5) is 23.7 Å². The van der Waals surface area contributed by atoms with Gasteiger partial charge >= 0.3 is 12.2 Å². The second-order valence-corrected chi connectivity index (χ2v) is 7.56. The van der Waals surface area contributed by atoms with Gasteiger partial charge in [-0.05, 0) is 37.0 Å². The van der Waals surface area contributed by atoms with Crippen molar-refractivity contribution < 1.29 is 18.0 Å². The number of likely N-dealkylation sites (tertiary alicyclic amines) is 1. The molecule has 3 rings (SSSR count). The van der Waals surface area contributed by atoms with Crippen molar-refractivity contribution in [3.63, 3.8) is 0 Å². The first-order valence-corrected chi connectivity index (χ1v) is 9.65. The monoisotopic (exact) mass is 398 g/mol. The van der Waals surface area contributed by atoms with Gasteiger partial charge in [-0.25, -0.2) is 9.78 Å². The molecule has 0 atom stereocenters. The van der Waals surface area contributed by atoms with E-state index in [1.54, 1.807) is 22.9 Å². The van der Waals surface area contributed by atoms with Gasteiger partial charge in [-0.3, -0.25) is 0 Å². The van der Waals surface area contributed by atoms with Gasteiger partial charge in [-0.1, -0.05) is 17.8 Å². The maximum atomic E-state index is 12.8. The fraction of sp³-hybridized carbons (Fsp3) is 0.444. The van der Waals surface area contributed by atoms with E-state index >= 15 is 0 Å². The summed E-state index contributed by atoms with van der Waals surface area (Å²) < 4.78 is 40.3. The van der Waals surface area contributed by atoms with Gasteiger partial charge in [0, 0.05) is 44.0 Å². The Morgan fingerprint density at radius 1 is 1.33 bits per heavy atom. The van der Waals surface area contributed by atoms with Crippen LogP contribution in [0.25, 0.3) is 0 Å². The molecule has 0 saturated carbocycles. The van der Waals surface area contributed by atoms with Crippen molar-refractivity contribution in [1.29, 1.82) is 0 Å². The van der Waals surface area contributed by atoms with Crippen molar-refractivity contribution in [3.05, 3.63) is 42.2 Å². The number of piperidine rings is 1. The first-order chi connectivity index (χ1) is 12.8. The zero-order valence-corrected chi connectivity index (χ0v) is 15.7. The molecule has 0 radical (unpaired) electrons. The van der Waals surface area contributed by atoms with Crippen LogP contribution in [-0.4, -0.2) is 39.3 Å². The first-order valence-electron chi connectivity index (χ1n) is 8.66. The van der Waals surface area contributed by atoms with Crippen LogP contribution in [0.15, 0.2) is 41.8 Å². The number of nitrogens with zero attached hydrogens (tertiary/aromatic N) is 3. The predicted octanol–water partition coefficient (Wildman–Crippen LogP) is 4.48. The summed E-state index contributed by atoms with van der Waals surface area (Å²) in [5.41, 5.74) is -0.618. The quantitative estimate of drug-likeness (QED) is 0.773. The molecule has 2 amide bonds. The summed E-state index contributed by atoms with van der Waals surface area (Å²) in [5, 5.41) is 3.54. The lowest BCUT2D eigenvalue weighted by Crippen LogP contribution is -2.41. The molecule has 1 fully saturated rings. The number of carbonyl (C=O) groups excluding carboxylic acids is 1. The number of aromatic nitrogens is 2. The Hall–Kier alpha value is -2.16. The van der Waals surface area contributed by atoms with Crippen molar-refractivity contribution in [2.24, 2.45) is 13.0 Å². The van der Waals surface area contributed by atoms with E-state index in [0.29, 0.717) is 19.0 Å². The molecule has 9 heteroatoms. The fourth-order valence-electron chi connectivity index (χ4n) is 2.96. The van der Waals surface area contributed by atoms with Crippen molar-refractivity contribution in [3.8, 4) is 0 Å². The van der Waals surface area contributed by atoms with Crippen LogP contribution >= 0.6 is 11.8 Å². The lowest BCUT2D eigenvalue weighted by atomic mass is 9.99. The Balaban J connectivity index is 1.48. The van der Waals surface area contributed by atoms with Crippen LogP contribution in [0.1, 0.15) is 18.4 Å². The summed E-state index contributed by atoms with van der Waals surface area (Å²) in [5.74, 6) is 1.43. The van der Waals surface area contributed by atoms with Gasteiger partial charge in [0.05, 0.1) is 5.56 Å². The van der Waals surface area contributed by atoms with Gasteiger partial charge in [0.2, 0.25) is 0 Å². The number of nitrogens with one attached hydrogen (secondary N) is 1. The molecule has 0 spiro atoms. The summed E-state index contributed by atoms with van der Waals surface area (Å²) in [6, 6.07) is 4.34. The van der Waals surface area contributed by atoms with E-state index in [0.717, 1.165) is 35.9 Å². The smallest absolute Gasteiger partial charge is 0.329 e. The Kier molecular flexibility index (Phi) is 5.98.